The van der Waals surface area contributed by atoms with E-state index >= 15 is 0 Å². The lowest BCUT2D eigenvalue weighted by Crippen LogP contribution is -2.12. The third-order valence-electron chi connectivity index (χ3n) is 2.68. The molecule has 7 heteroatoms. The van der Waals surface area contributed by atoms with E-state index < -0.39 is 10.7 Å². The van der Waals surface area contributed by atoms with Crippen LogP contribution in [0.3, 0.4) is 0 Å². The van der Waals surface area contributed by atoms with Crippen molar-refractivity contribution in [2.75, 3.05) is 6.61 Å². The van der Waals surface area contributed by atoms with E-state index in [0.717, 1.165) is 4.47 Å². The minimum absolute atomic E-state index is 0.0175. The van der Waals surface area contributed by atoms with Gasteiger partial charge in [-0.3, -0.25) is 4.79 Å². The van der Waals surface area contributed by atoms with Crippen molar-refractivity contribution < 1.29 is 14.5 Å². The highest BCUT2D eigenvalue weighted by Crippen LogP contribution is 2.24. The Balaban J connectivity index is 2.11. The fourth-order valence-corrected chi connectivity index (χ4v) is 1.90. The summed E-state index contributed by atoms with van der Waals surface area (Å²) >= 11 is 3.28. The number of aryl methyl sites for hydroxylation is 1. The number of hydrogen-bond acceptors (Lipinski definition) is 5. The molecular formula is C14H11BrN2O4. The van der Waals surface area contributed by atoms with Crippen LogP contribution in [0, 0.1) is 17.0 Å². The van der Waals surface area contributed by atoms with Crippen LogP contribution in [0.1, 0.15) is 16.1 Å². The van der Waals surface area contributed by atoms with Gasteiger partial charge in [-0.1, -0.05) is 28.1 Å². The summed E-state index contributed by atoms with van der Waals surface area (Å²) in [6.45, 7) is 1.36. The molecule has 0 fully saturated rings. The molecule has 0 aliphatic carbocycles. The molecule has 0 saturated carbocycles. The minimum Gasteiger partial charge on any atom is -0.477 e. The van der Waals surface area contributed by atoms with Crippen molar-refractivity contribution in [1.82, 2.24) is 4.98 Å². The van der Waals surface area contributed by atoms with E-state index in [4.69, 9.17) is 4.74 Å². The summed E-state index contributed by atoms with van der Waals surface area (Å²) in [7, 11) is 0. The fourth-order valence-electron chi connectivity index (χ4n) is 1.64. The summed E-state index contributed by atoms with van der Waals surface area (Å²) in [5, 5.41) is 10.9. The predicted octanol–water partition coefficient (Wildman–Crippen LogP) is 3.32. The number of benzene rings is 1. The van der Waals surface area contributed by atoms with Gasteiger partial charge in [-0.15, -0.1) is 0 Å². The largest absolute Gasteiger partial charge is 0.477 e. The van der Waals surface area contributed by atoms with Crippen molar-refractivity contribution in [3.8, 4) is 5.75 Å². The molecule has 0 aliphatic rings. The SMILES string of the molecule is Cc1ccc(OCC(=O)c2ccc(Br)cc2)c([N+](=O)[O-])n1. The molecule has 21 heavy (non-hydrogen) atoms. The van der Waals surface area contributed by atoms with Crippen molar-refractivity contribution in [2.24, 2.45) is 0 Å². The van der Waals surface area contributed by atoms with E-state index in [0.29, 0.717) is 11.3 Å². The predicted molar refractivity (Wildman–Crippen MR) is 79.6 cm³/mol. The minimum atomic E-state index is -0.633. The van der Waals surface area contributed by atoms with E-state index in [1.54, 1.807) is 37.3 Å². The average Bonchev–Trinajstić information content (AvgIpc) is 2.46. The summed E-state index contributed by atoms with van der Waals surface area (Å²) in [4.78, 5) is 26.0. The number of aromatic nitrogens is 1. The third kappa shape index (κ3) is 3.85. The van der Waals surface area contributed by atoms with Gasteiger partial charge in [0.05, 0.1) is 0 Å². The molecule has 6 nitrogen and oxygen atoms in total. The van der Waals surface area contributed by atoms with Crippen molar-refractivity contribution in [2.45, 2.75) is 6.92 Å². The van der Waals surface area contributed by atoms with Gasteiger partial charge in [-0.25, -0.2) is 0 Å². The molecule has 1 heterocycles. The Morgan fingerprint density at radius 1 is 1.29 bits per heavy atom. The molecule has 0 saturated heterocycles. The van der Waals surface area contributed by atoms with E-state index in [1.807, 2.05) is 0 Å². The lowest BCUT2D eigenvalue weighted by molar-refractivity contribution is -0.390. The molecule has 0 unspecified atom stereocenters. The fraction of sp³-hybridized carbons (Fsp3) is 0.143. The number of nitrogens with zero attached hydrogens (tertiary/aromatic N) is 2. The number of Topliss-reactive ketones (excluding diaryl/α,β-unsaturated/α-hetero) is 1. The molecule has 0 atom stereocenters. The van der Waals surface area contributed by atoms with E-state index in [9.17, 15) is 14.9 Å². The molecule has 0 aliphatic heterocycles. The first kappa shape index (κ1) is 15.1. The first-order valence-electron chi connectivity index (χ1n) is 6.01. The molecule has 2 aromatic rings. The lowest BCUT2D eigenvalue weighted by atomic mass is 10.1. The summed E-state index contributed by atoms with van der Waals surface area (Å²) < 4.78 is 6.09. The molecule has 0 spiro atoms. The van der Waals surface area contributed by atoms with Crippen LogP contribution in [0.5, 0.6) is 5.75 Å². The second-order valence-electron chi connectivity index (χ2n) is 4.25. The molecule has 0 bridgehead atoms. The number of halogens is 1. The molecule has 0 N–H and O–H groups in total. The van der Waals surface area contributed by atoms with Gasteiger partial charge < -0.3 is 14.9 Å². The maximum atomic E-state index is 11.9. The Hall–Kier alpha value is -2.28. The van der Waals surface area contributed by atoms with Crippen molar-refractivity contribution in [3.63, 3.8) is 0 Å². The highest BCUT2D eigenvalue weighted by molar-refractivity contribution is 9.10. The molecule has 2 rings (SSSR count). The van der Waals surface area contributed by atoms with E-state index in [2.05, 4.69) is 20.9 Å². The van der Waals surface area contributed by atoms with Crippen LogP contribution < -0.4 is 4.74 Å². The number of nitro groups is 1. The van der Waals surface area contributed by atoms with Gasteiger partial charge >= 0.3 is 5.82 Å². The van der Waals surface area contributed by atoms with Crippen LogP contribution >= 0.6 is 15.9 Å². The molecular weight excluding hydrogens is 340 g/mol. The van der Waals surface area contributed by atoms with E-state index in [-0.39, 0.29) is 18.1 Å². The monoisotopic (exact) mass is 350 g/mol. The van der Waals surface area contributed by atoms with Gasteiger partial charge in [0.25, 0.3) is 0 Å². The Morgan fingerprint density at radius 3 is 2.57 bits per heavy atom. The zero-order chi connectivity index (χ0) is 15.4. The average molecular weight is 351 g/mol. The summed E-state index contributed by atoms with van der Waals surface area (Å²) in [5.41, 5.74) is 0.981. The second-order valence-corrected chi connectivity index (χ2v) is 5.17. The topological polar surface area (TPSA) is 82.3 Å². The molecule has 0 radical (unpaired) electrons. The van der Waals surface area contributed by atoms with Gasteiger partial charge in [-0.05, 0) is 34.2 Å². The number of carbonyl (C=O) groups excluding carboxylic acids is 1. The maximum absolute atomic E-state index is 11.9. The van der Waals surface area contributed by atoms with E-state index in [1.165, 1.54) is 6.07 Å². The number of pyridine rings is 1. The van der Waals surface area contributed by atoms with Gasteiger partial charge in [0.2, 0.25) is 5.75 Å². The number of ketones is 1. The van der Waals surface area contributed by atoms with Crippen LogP contribution in [0.25, 0.3) is 0 Å². The molecule has 0 amide bonds. The first-order chi connectivity index (χ1) is 9.97. The van der Waals surface area contributed by atoms with Gasteiger partial charge in [0.15, 0.2) is 12.4 Å². The Labute approximate surface area is 129 Å². The third-order valence-corrected chi connectivity index (χ3v) is 3.21. The Bertz CT molecular complexity index is 686. The first-order valence-corrected chi connectivity index (χ1v) is 6.80. The summed E-state index contributed by atoms with van der Waals surface area (Å²) in [6, 6.07) is 9.81. The Morgan fingerprint density at radius 2 is 1.95 bits per heavy atom. The standard InChI is InChI=1S/C14H11BrN2O4/c1-9-2-7-13(14(16-9)17(19)20)21-8-12(18)10-3-5-11(15)6-4-10/h2-7H,8H2,1H3. The van der Waals surface area contributed by atoms with Gasteiger partial charge in [0, 0.05) is 17.0 Å². The molecule has 1 aromatic heterocycles. The van der Waals surface area contributed by atoms with Crippen molar-refractivity contribution in [1.29, 1.82) is 0 Å². The van der Waals surface area contributed by atoms with Crippen LogP contribution in [0.4, 0.5) is 5.82 Å². The number of hydrogen-bond donors (Lipinski definition) is 0. The van der Waals surface area contributed by atoms with Crippen LogP contribution in [0.2, 0.25) is 0 Å². The highest BCUT2D eigenvalue weighted by Gasteiger charge is 2.18. The number of carbonyl (C=O) groups is 1. The second kappa shape index (κ2) is 6.45. The number of rotatable bonds is 5. The number of ether oxygens (including phenoxy) is 1. The van der Waals surface area contributed by atoms with Crippen LogP contribution in [-0.2, 0) is 0 Å². The Kier molecular flexibility index (Phi) is 4.64. The summed E-state index contributed by atoms with van der Waals surface area (Å²) in [5.74, 6) is -0.674. The normalized spacial score (nSPS) is 10.2. The van der Waals surface area contributed by atoms with Crippen molar-refractivity contribution >= 4 is 27.5 Å². The van der Waals surface area contributed by atoms with Crippen molar-refractivity contribution in [3.05, 3.63) is 62.2 Å². The smallest absolute Gasteiger partial charge is 0.406 e. The maximum Gasteiger partial charge on any atom is 0.406 e. The van der Waals surface area contributed by atoms with Gasteiger partial charge in [-0.2, -0.15) is 0 Å². The highest BCUT2D eigenvalue weighted by atomic mass is 79.9. The molecule has 1 aromatic carbocycles. The van der Waals surface area contributed by atoms with Crippen LogP contribution in [-0.4, -0.2) is 22.3 Å². The quantitative estimate of drug-likeness (QED) is 0.469. The zero-order valence-electron chi connectivity index (χ0n) is 11.1. The lowest BCUT2D eigenvalue weighted by Gasteiger charge is -2.06. The van der Waals surface area contributed by atoms with Gasteiger partial charge in [0.1, 0.15) is 5.69 Å². The summed E-state index contributed by atoms with van der Waals surface area (Å²) in [6.07, 6.45) is 0. The molecule has 108 valence electrons. The zero-order valence-corrected chi connectivity index (χ0v) is 12.7. The van der Waals surface area contributed by atoms with Crippen LogP contribution in [0.15, 0.2) is 40.9 Å².